The number of allylic oxidation sites excluding steroid dienone is 23. The molecule has 0 fully saturated rings. The Labute approximate surface area is 497 Å². The summed E-state index contributed by atoms with van der Waals surface area (Å²) in [5.41, 5.74) is 15.6. The van der Waals surface area contributed by atoms with Crippen LogP contribution in [0.15, 0.2) is 241 Å². The van der Waals surface area contributed by atoms with E-state index in [0.717, 1.165) is 19.3 Å². The molecule has 3 aliphatic rings. The lowest BCUT2D eigenvalue weighted by Gasteiger charge is -2.34. The summed E-state index contributed by atoms with van der Waals surface area (Å²) in [4.78, 5) is 9.47. The van der Waals surface area contributed by atoms with E-state index >= 15 is 0 Å². The van der Waals surface area contributed by atoms with E-state index in [2.05, 4.69) is 253 Å². The van der Waals surface area contributed by atoms with E-state index in [4.69, 9.17) is 0 Å². The minimum Gasteiger partial charge on any atom is -0.135 e. The molecule has 0 saturated carbocycles. The Balaban J connectivity index is 0.919. The normalized spacial score (nSPS) is 18.0. The number of rotatable bonds is 27. The summed E-state index contributed by atoms with van der Waals surface area (Å²) in [6, 6.07) is 43.6. The highest BCUT2D eigenvalue weighted by Gasteiger charge is 2.32. The van der Waals surface area contributed by atoms with Gasteiger partial charge in [-0.05, 0) is 169 Å². The predicted molar refractivity (Wildman–Crippen MR) is 361 cm³/mol. The van der Waals surface area contributed by atoms with E-state index in [9.17, 15) is 0 Å². The van der Waals surface area contributed by atoms with Crippen LogP contribution < -0.4 is 0 Å². The van der Waals surface area contributed by atoms with Crippen molar-refractivity contribution in [3.05, 3.63) is 267 Å². The maximum Gasteiger partial charge on any atom is 0.0449 e. The van der Waals surface area contributed by atoms with E-state index in [-0.39, 0.29) is 0 Å². The number of benzene rings is 3. The SMILES string of the molecule is C\C=C/C=C\C(=C\Cc1ccc(-c2ccc(-c3ccc(C4=C(CCCCCCC)C(CCCCCC)=C(/C=C/C=C(\SC)c5ccc(-c6ccc(C7C8C=CC=CC(=C8)CC7/C=C\C=C/C)cc6)s5)C4)s3)s2)cc1)c1ccccc1. The smallest absolute Gasteiger partial charge is 0.0449 e. The lowest BCUT2D eigenvalue weighted by molar-refractivity contribution is 0.427. The van der Waals surface area contributed by atoms with Crippen LogP contribution in [0, 0.1) is 11.8 Å². The van der Waals surface area contributed by atoms with Crippen molar-refractivity contribution in [3.8, 4) is 30.6 Å². The summed E-state index contributed by atoms with van der Waals surface area (Å²) in [6.07, 6.45) is 57.9. The van der Waals surface area contributed by atoms with Crippen molar-refractivity contribution in [1.29, 1.82) is 0 Å². The molecule has 3 aromatic carbocycles. The van der Waals surface area contributed by atoms with E-state index in [1.165, 1.54) is 149 Å². The first-order valence-corrected chi connectivity index (χ1v) is 33.4. The maximum absolute atomic E-state index is 2.49. The fraction of sp³-hybridized carbons (Fsp3) is 0.289. The highest BCUT2D eigenvalue weighted by molar-refractivity contribution is 8.07. The molecule has 6 aromatic rings. The van der Waals surface area contributed by atoms with Gasteiger partial charge >= 0.3 is 0 Å². The van der Waals surface area contributed by atoms with Gasteiger partial charge in [0.2, 0.25) is 0 Å². The van der Waals surface area contributed by atoms with Crippen molar-refractivity contribution in [2.75, 3.05) is 6.26 Å². The molecule has 3 heterocycles. The first-order chi connectivity index (χ1) is 39.5. The summed E-state index contributed by atoms with van der Waals surface area (Å²) in [5, 5.41) is 0. The molecule has 0 amide bonds. The van der Waals surface area contributed by atoms with Crippen LogP contribution in [0.25, 0.3) is 46.7 Å². The van der Waals surface area contributed by atoms with Crippen molar-refractivity contribution in [3.63, 3.8) is 0 Å². The Hall–Kier alpha value is -6.01. The molecule has 0 aliphatic heterocycles. The van der Waals surface area contributed by atoms with Crippen LogP contribution in [0.1, 0.15) is 144 Å². The van der Waals surface area contributed by atoms with Crippen LogP contribution in [-0.2, 0) is 6.42 Å². The molecule has 3 unspecified atom stereocenters. The molecule has 9 rings (SSSR count). The zero-order valence-corrected chi connectivity index (χ0v) is 51.3. The first-order valence-electron chi connectivity index (χ1n) is 29.7. The first kappa shape index (κ1) is 58.6. The maximum atomic E-state index is 2.49. The summed E-state index contributed by atoms with van der Waals surface area (Å²) in [6.45, 7) is 8.80. The second kappa shape index (κ2) is 30.7. The minimum absolute atomic E-state index is 0.396. The van der Waals surface area contributed by atoms with Gasteiger partial charge in [0.15, 0.2) is 0 Å². The van der Waals surface area contributed by atoms with Crippen molar-refractivity contribution in [1.82, 2.24) is 0 Å². The molecule has 80 heavy (non-hydrogen) atoms. The molecule has 410 valence electrons. The van der Waals surface area contributed by atoms with E-state index in [1.54, 1.807) is 16.7 Å². The highest BCUT2D eigenvalue weighted by Crippen LogP contribution is 2.49. The fourth-order valence-electron chi connectivity index (χ4n) is 11.6. The second-order valence-electron chi connectivity index (χ2n) is 21.5. The van der Waals surface area contributed by atoms with Gasteiger partial charge in [0.25, 0.3) is 0 Å². The molecule has 3 aliphatic carbocycles. The Morgan fingerprint density at radius 2 is 1.26 bits per heavy atom. The van der Waals surface area contributed by atoms with Crippen molar-refractivity contribution in [2.24, 2.45) is 11.8 Å². The van der Waals surface area contributed by atoms with E-state index in [1.807, 2.05) is 45.8 Å². The lowest BCUT2D eigenvalue weighted by atomic mass is 9.70. The molecule has 0 N–H and O–H groups in total. The Morgan fingerprint density at radius 3 is 2.00 bits per heavy atom. The van der Waals surface area contributed by atoms with Gasteiger partial charge in [-0.1, -0.05) is 240 Å². The number of hydrogen-bond acceptors (Lipinski definition) is 4. The molecule has 0 saturated heterocycles. The molecule has 3 aromatic heterocycles. The topological polar surface area (TPSA) is 0 Å². The van der Waals surface area contributed by atoms with Gasteiger partial charge in [-0.3, -0.25) is 0 Å². The molecule has 0 radical (unpaired) electrons. The number of hydrogen-bond donors (Lipinski definition) is 0. The molecule has 2 bridgehead atoms. The third kappa shape index (κ3) is 15.7. The predicted octanol–water partition coefficient (Wildman–Crippen LogP) is 24.3. The van der Waals surface area contributed by atoms with Gasteiger partial charge in [-0.25, -0.2) is 0 Å². The standard InChI is InChI=1S/C76H82S4/c1-6-10-14-16-23-35-67-66(34-22-15-11-7-2)63(33-26-36-72(77-5)73-50-47-70(78-73)61-43-45-62(46-44-61)76-64(31-19-13-9-4)53-57-27-24-25-32-65(76)54-57)55-68(67)71-49-52-75(80-71)74-51-48-69(79-74)60-41-38-56(39-42-60)37-40-59(28-18-12-8-3)58-29-20-17-21-30-58/h8-9,12-13,17-21,24-33,36,38-52,54,64-65,76H,6-7,10-11,14-16,22-23,34-35,37,53,55H2,1-5H3/b12-8-,13-9-,28-18-,31-19-,33-26+,59-40-,72-36-. The largest absolute Gasteiger partial charge is 0.135 e. The fourth-order valence-corrected chi connectivity index (χ4v) is 15.6. The van der Waals surface area contributed by atoms with Crippen LogP contribution in [0.2, 0.25) is 0 Å². The molecular weight excluding hydrogens is 1040 g/mol. The van der Waals surface area contributed by atoms with E-state index < -0.39 is 0 Å². The number of thiophene rings is 3. The highest BCUT2D eigenvalue weighted by atomic mass is 32.2. The third-order valence-electron chi connectivity index (χ3n) is 15.9. The van der Waals surface area contributed by atoms with Gasteiger partial charge in [-0.15, -0.1) is 45.8 Å². The lowest BCUT2D eigenvalue weighted by Crippen LogP contribution is -2.22. The van der Waals surface area contributed by atoms with Gasteiger partial charge in [0.1, 0.15) is 0 Å². The van der Waals surface area contributed by atoms with Crippen LogP contribution in [0.3, 0.4) is 0 Å². The Kier molecular flexibility index (Phi) is 22.5. The van der Waals surface area contributed by atoms with Crippen molar-refractivity contribution >= 4 is 61.8 Å². The van der Waals surface area contributed by atoms with E-state index in [0.29, 0.717) is 17.8 Å². The van der Waals surface area contributed by atoms with Gasteiger partial charge < -0.3 is 0 Å². The third-order valence-corrected chi connectivity index (χ3v) is 20.5. The molecule has 4 heteroatoms. The van der Waals surface area contributed by atoms with Crippen LogP contribution in [-0.4, -0.2) is 6.26 Å². The number of unbranched alkanes of at least 4 members (excludes halogenated alkanes) is 7. The second-order valence-corrected chi connectivity index (χ2v) is 25.6. The number of thioether (sulfide) groups is 1. The summed E-state index contributed by atoms with van der Waals surface area (Å²) in [7, 11) is 0. The Morgan fingerprint density at radius 1 is 0.613 bits per heavy atom. The Bertz CT molecular complexity index is 3330. The van der Waals surface area contributed by atoms with Crippen LogP contribution in [0.5, 0.6) is 0 Å². The zero-order valence-electron chi connectivity index (χ0n) is 48.0. The number of fused-ring (bicyclic) bond motifs is 1. The monoisotopic (exact) mass is 1120 g/mol. The van der Waals surface area contributed by atoms with Gasteiger partial charge in [0.05, 0.1) is 0 Å². The summed E-state index contributed by atoms with van der Waals surface area (Å²) in [5.74, 6) is 1.28. The van der Waals surface area contributed by atoms with Gasteiger partial charge in [0, 0.05) is 46.0 Å². The van der Waals surface area contributed by atoms with Crippen LogP contribution in [0.4, 0.5) is 0 Å². The van der Waals surface area contributed by atoms with Crippen LogP contribution >= 0.6 is 45.8 Å². The molecular formula is C76H82S4. The van der Waals surface area contributed by atoms with Gasteiger partial charge in [-0.2, -0.15) is 0 Å². The molecule has 3 atom stereocenters. The minimum atomic E-state index is 0.396. The van der Waals surface area contributed by atoms with Crippen molar-refractivity contribution < 1.29 is 0 Å². The average Bonchev–Trinajstić information content (AvgIpc) is 4.49. The zero-order chi connectivity index (χ0) is 55.3. The summed E-state index contributed by atoms with van der Waals surface area (Å²) >= 11 is 7.69. The molecule has 0 spiro atoms. The summed E-state index contributed by atoms with van der Waals surface area (Å²) < 4.78 is 0. The quantitative estimate of drug-likeness (QED) is 0.0366. The average molecular weight is 1120 g/mol. The van der Waals surface area contributed by atoms with Crippen molar-refractivity contribution in [2.45, 2.75) is 124 Å². The molecule has 0 nitrogen and oxygen atoms in total.